The summed E-state index contributed by atoms with van der Waals surface area (Å²) in [5.41, 5.74) is 0.885. The highest BCUT2D eigenvalue weighted by molar-refractivity contribution is 9.10. The standard InChI is InChI=1S/C21H12BrF4N3O/c1-11(30)17-9-19(12-2-4-13(5-3-12)21(24,25)26)29-20(27-17)10-18(28-29)15-7-6-14(22)8-16(15)23/h2-10H,1H3. The van der Waals surface area contributed by atoms with Crippen LogP contribution >= 0.6 is 15.9 Å². The fourth-order valence-corrected chi connectivity index (χ4v) is 3.35. The van der Waals surface area contributed by atoms with Crippen LogP contribution in [0.4, 0.5) is 17.6 Å². The zero-order chi connectivity index (χ0) is 21.6. The van der Waals surface area contributed by atoms with Crippen LogP contribution in [0.1, 0.15) is 23.0 Å². The third-order valence-electron chi connectivity index (χ3n) is 4.50. The van der Waals surface area contributed by atoms with Crippen molar-refractivity contribution in [2.75, 3.05) is 0 Å². The van der Waals surface area contributed by atoms with Gasteiger partial charge in [-0.2, -0.15) is 18.3 Å². The zero-order valence-electron chi connectivity index (χ0n) is 15.3. The molecule has 0 atom stereocenters. The molecule has 0 radical (unpaired) electrons. The maximum atomic E-state index is 14.4. The van der Waals surface area contributed by atoms with E-state index in [2.05, 4.69) is 26.0 Å². The molecule has 0 aliphatic carbocycles. The van der Waals surface area contributed by atoms with Gasteiger partial charge >= 0.3 is 6.18 Å². The van der Waals surface area contributed by atoms with Crippen molar-refractivity contribution >= 4 is 27.4 Å². The highest BCUT2D eigenvalue weighted by Gasteiger charge is 2.30. The molecule has 2 heterocycles. The molecule has 0 spiro atoms. The summed E-state index contributed by atoms with van der Waals surface area (Å²) < 4.78 is 55.0. The van der Waals surface area contributed by atoms with Crippen LogP contribution in [0.15, 0.2) is 59.1 Å². The van der Waals surface area contributed by atoms with Crippen molar-refractivity contribution < 1.29 is 22.4 Å². The van der Waals surface area contributed by atoms with Crippen molar-refractivity contribution in [1.82, 2.24) is 14.6 Å². The Morgan fingerprint density at radius 3 is 2.33 bits per heavy atom. The largest absolute Gasteiger partial charge is 0.416 e. The van der Waals surface area contributed by atoms with Crippen LogP contribution in [-0.4, -0.2) is 20.4 Å². The van der Waals surface area contributed by atoms with Crippen molar-refractivity contribution in [1.29, 1.82) is 0 Å². The van der Waals surface area contributed by atoms with Gasteiger partial charge in [0.1, 0.15) is 11.5 Å². The first-order valence-corrected chi connectivity index (χ1v) is 9.47. The molecule has 4 aromatic rings. The van der Waals surface area contributed by atoms with Gasteiger partial charge < -0.3 is 0 Å². The lowest BCUT2D eigenvalue weighted by atomic mass is 10.1. The number of Topliss-reactive ketones (excluding diaryl/α,β-unsaturated/α-hetero) is 1. The van der Waals surface area contributed by atoms with Crippen molar-refractivity contribution in [3.63, 3.8) is 0 Å². The topological polar surface area (TPSA) is 47.3 Å². The number of alkyl halides is 3. The van der Waals surface area contributed by atoms with Gasteiger partial charge in [-0.05, 0) is 36.4 Å². The average molecular weight is 478 g/mol. The summed E-state index contributed by atoms with van der Waals surface area (Å²) in [6, 6.07) is 12.0. The number of nitrogens with zero attached hydrogens (tertiary/aromatic N) is 3. The first-order valence-electron chi connectivity index (χ1n) is 8.68. The molecule has 0 saturated carbocycles. The van der Waals surface area contributed by atoms with Crippen LogP contribution < -0.4 is 0 Å². The van der Waals surface area contributed by atoms with Crippen LogP contribution in [0.5, 0.6) is 0 Å². The van der Waals surface area contributed by atoms with Crippen molar-refractivity contribution in [3.05, 3.63) is 76.1 Å². The Morgan fingerprint density at radius 1 is 1.03 bits per heavy atom. The number of ketones is 1. The van der Waals surface area contributed by atoms with E-state index in [1.54, 1.807) is 12.1 Å². The van der Waals surface area contributed by atoms with E-state index in [4.69, 9.17) is 0 Å². The number of rotatable bonds is 3. The summed E-state index contributed by atoms with van der Waals surface area (Å²) in [6.07, 6.45) is -4.46. The van der Waals surface area contributed by atoms with Crippen molar-refractivity contribution in [2.45, 2.75) is 13.1 Å². The summed E-state index contributed by atoms with van der Waals surface area (Å²) in [5.74, 6) is -0.820. The molecule has 0 saturated heterocycles. The molecule has 0 bridgehead atoms. The number of halogens is 5. The Morgan fingerprint density at radius 2 is 1.73 bits per heavy atom. The lowest BCUT2D eigenvalue weighted by molar-refractivity contribution is -0.137. The smallest absolute Gasteiger partial charge is 0.293 e. The summed E-state index contributed by atoms with van der Waals surface area (Å²) in [4.78, 5) is 16.2. The molecular weight excluding hydrogens is 466 g/mol. The molecule has 152 valence electrons. The molecule has 0 N–H and O–H groups in total. The maximum absolute atomic E-state index is 14.4. The number of carbonyl (C=O) groups is 1. The molecular formula is C21H12BrF4N3O. The SMILES string of the molecule is CC(=O)c1cc(-c2ccc(C(F)(F)F)cc2)n2nc(-c3ccc(Br)cc3F)cc2n1. The van der Waals surface area contributed by atoms with Gasteiger partial charge in [0, 0.05) is 28.6 Å². The van der Waals surface area contributed by atoms with Gasteiger partial charge in [-0.15, -0.1) is 0 Å². The van der Waals surface area contributed by atoms with E-state index in [-0.39, 0.29) is 28.4 Å². The van der Waals surface area contributed by atoms with Gasteiger partial charge in [-0.1, -0.05) is 28.1 Å². The Hall–Kier alpha value is -3.07. The number of aromatic nitrogens is 3. The lowest BCUT2D eigenvalue weighted by Gasteiger charge is -2.10. The molecule has 0 aliphatic heterocycles. The minimum absolute atomic E-state index is 0.125. The second-order valence-corrected chi connectivity index (χ2v) is 7.50. The number of fused-ring (bicyclic) bond motifs is 1. The molecule has 4 nitrogen and oxygen atoms in total. The Bertz CT molecular complexity index is 1280. The lowest BCUT2D eigenvalue weighted by Crippen LogP contribution is -2.06. The van der Waals surface area contributed by atoms with E-state index in [1.807, 2.05) is 0 Å². The van der Waals surface area contributed by atoms with Crippen LogP contribution in [0.25, 0.3) is 28.2 Å². The molecule has 0 unspecified atom stereocenters. The van der Waals surface area contributed by atoms with Crippen LogP contribution in [0, 0.1) is 5.82 Å². The molecule has 2 aromatic heterocycles. The van der Waals surface area contributed by atoms with Gasteiger partial charge in [0.05, 0.1) is 17.0 Å². The summed E-state index contributed by atoms with van der Waals surface area (Å²) in [5, 5.41) is 4.39. The highest BCUT2D eigenvalue weighted by Crippen LogP contribution is 2.32. The van der Waals surface area contributed by atoms with Crippen LogP contribution in [0.3, 0.4) is 0 Å². The van der Waals surface area contributed by atoms with Gasteiger partial charge in [-0.3, -0.25) is 4.79 Å². The summed E-state index contributed by atoms with van der Waals surface area (Å²) in [6.45, 7) is 1.33. The minimum atomic E-state index is -4.46. The van der Waals surface area contributed by atoms with E-state index in [9.17, 15) is 22.4 Å². The van der Waals surface area contributed by atoms with Gasteiger partial charge in [0.2, 0.25) is 0 Å². The third kappa shape index (κ3) is 3.72. The molecule has 4 rings (SSSR count). The second-order valence-electron chi connectivity index (χ2n) is 6.58. The highest BCUT2D eigenvalue weighted by atomic mass is 79.9. The number of carbonyl (C=O) groups excluding carboxylic acids is 1. The number of hydrogen-bond acceptors (Lipinski definition) is 3. The summed E-state index contributed by atoms with van der Waals surface area (Å²) >= 11 is 3.20. The Labute approximate surface area is 176 Å². The van der Waals surface area contributed by atoms with Crippen LogP contribution in [-0.2, 0) is 6.18 Å². The minimum Gasteiger partial charge on any atom is -0.293 e. The molecule has 0 amide bonds. The maximum Gasteiger partial charge on any atom is 0.416 e. The normalized spacial score (nSPS) is 11.8. The Balaban J connectivity index is 1.92. The van der Waals surface area contributed by atoms with Gasteiger partial charge in [0.15, 0.2) is 11.4 Å². The number of benzene rings is 2. The van der Waals surface area contributed by atoms with Crippen molar-refractivity contribution in [3.8, 4) is 22.5 Å². The second kappa shape index (κ2) is 7.32. The number of hydrogen-bond donors (Lipinski definition) is 0. The quantitative estimate of drug-likeness (QED) is 0.261. The average Bonchev–Trinajstić information content (AvgIpc) is 3.10. The van der Waals surface area contributed by atoms with Crippen LogP contribution in [0.2, 0.25) is 0 Å². The fourth-order valence-electron chi connectivity index (χ4n) is 3.02. The van der Waals surface area contributed by atoms with Gasteiger partial charge in [0.25, 0.3) is 0 Å². The Kier molecular flexibility index (Phi) is 4.93. The van der Waals surface area contributed by atoms with E-state index in [0.717, 1.165) is 12.1 Å². The molecule has 30 heavy (non-hydrogen) atoms. The van der Waals surface area contributed by atoms with E-state index in [0.29, 0.717) is 15.7 Å². The predicted molar refractivity (Wildman–Crippen MR) is 107 cm³/mol. The first-order chi connectivity index (χ1) is 14.1. The molecule has 0 aliphatic rings. The molecule has 9 heteroatoms. The van der Waals surface area contributed by atoms with Crippen molar-refractivity contribution in [2.24, 2.45) is 0 Å². The third-order valence-corrected chi connectivity index (χ3v) is 5.00. The van der Waals surface area contributed by atoms with E-state index >= 15 is 0 Å². The van der Waals surface area contributed by atoms with E-state index < -0.39 is 17.6 Å². The summed E-state index contributed by atoms with van der Waals surface area (Å²) in [7, 11) is 0. The van der Waals surface area contributed by atoms with E-state index in [1.165, 1.54) is 41.8 Å². The fraction of sp³-hybridized carbons (Fsp3) is 0.0952. The predicted octanol–water partition coefficient (Wildman–Crippen LogP) is 6.19. The zero-order valence-corrected chi connectivity index (χ0v) is 16.9. The monoisotopic (exact) mass is 477 g/mol. The first kappa shape index (κ1) is 20.2. The molecule has 2 aromatic carbocycles. The molecule has 0 fully saturated rings. The van der Waals surface area contributed by atoms with Gasteiger partial charge in [-0.25, -0.2) is 13.9 Å².